The van der Waals surface area contributed by atoms with Crippen molar-refractivity contribution in [3.8, 4) is 5.69 Å². The van der Waals surface area contributed by atoms with Crippen LogP contribution in [0.2, 0.25) is 10.0 Å². The molecule has 0 fully saturated rings. The minimum absolute atomic E-state index is 0.0486. The van der Waals surface area contributed by atoms with Gasteiger partial charge in [-0.15, -0.1) is 5.10 Å². The lowest BCUT2D eigenvalue weighted by Gasteiger charge is -2.16. The number of carbonyl (C=O) groups is 1. The zero-order chi connectivity index (χ0) is 23.8. The van der Waals surface area contributed by atoms with Gasteiger partial charge in [0.05, 0.1) is 21.3 Å². The second-order valence-electron chi connectivity index (χ2n) is 8.07. The van der Waals surface area contributed by atoms with Gasteiger partial charge in [0.15, 0.2) is 5.69 Å². The lowest BCUT2D eigenvalue weighted by molar-refractivity contribution is 0.0976. The molecule has 0 saturated heterocycles. The highest BCUT2D eigenvalue weighted by Crippen LogP contribution is 2.28. The third kappa shape index (κ3) is 4.82. The Bertz CT molecular complexity index is 1280. The number of sulfonamides is 1. The molecule has 32 heavy (non-hydrogen) atoms. The standard InChI is InChI=1S/C22H24Cl2N4O3S/c1-12(2)15-6-8-17(13(3)4)20(10-15)32(30,31)26-22(29)21-14(5)28(27-25-21)19-9-7-16(23)11-18(19)24/h6-13H,1-5H3,(H,26,29). The number of amides is 1. The topological polar surface area (TPSA) is 93.9 Å². The van der Waals surface area contributed by atoms with E-state index in [0.717, 1.165) is 5.56 Å². The van der Waals surface area contributed by atoms with E-state index in [-0.39, 0.29) is 22.4 Å². The molecule has 7 nitrogen and oxygen atoms in total. The maximum absolute atomic E-state index is 13.2. The zero-order valence-electron chi connectivity index (χ0n) is 18.3. The molecule has 0 bridgehead atoms. The monoisotopic (exact) mass is 494 g/mol. The highest BCUT2D eigenvalue weighted by atomic mass is 35.5. The van der Waals surface area contributed by atoms with Crippen molar-refractivity contribution in [1.82, 2.24) is 19.7 Å². The van der Waals surface area contributed by atoms with Crippen molar-refractivity contribution in [2.45, 2.75) is 51.3 Å². The Morgan fingerprint density at radius 3 is 2.31 bits per heavy atom. The largest absolute Gasteiger partial charge is 0.287 e. The second-order valence-corrected chi connectivity index (χ2v) is 10.6. The molecule has 1 amide bonds. The number of hydrogen-bond donors (Lipinski definition) is 1. The van der Waals surface area contributed by atoms with Crippen molar-refractivity contribution in [3.05, 3.63) is 69.0 Å². The van der Waals surface area contributed by atoms with E-state index < -0.39 is 15.9 Å². The first-order valence-corrected chi connectivity index (χ1v) is 12.2. The summed E-state index contributed by atoms with van der Waals surface area (Å²) in [4.78, 5) is 13.0. The molecule has 1 aromatic heterocycles. The summed E-state index contributed by atoms with van der Waals surface area (Å²) >= 11 is 12.2. The number of nitrogens with zero attached hydrogens (tertiary/aromatic N) is 3. The fourth-order valence-corrected chi connectivity index (χ4v) is 5.11. The minimum Gasteiger partial charge on any atom is -0.266 e. The van der Waals surface area contributed by atoms with E-state index in [1.807, 2.05) is 33.8 Å². The Morgan fingerprint density at radius 1 is 1.03 bits per heavy atom. The summed E-state index contributed by atoms with van der Waals surface area (Å²) < 4.78 is 29.8. The Morgan fingerprint density at radius 2 is 1.72 bits per heavy atom. The molecule has 10 heteroatoms. The molecule has 0 atom stereocenters. The Hall–Kier alpha value is -2.42. The van der Waals surface area contributed by atoms with Crippen LogP contribution in [0.25, 0.3) is 5.69 Å². The first-order valence-electron chi connectivity index (χ1n) is 10.0. The quantitative estimate of drug-likeness (QED) is 0.504. The van der Waals surface area contributed by atoms with Gasteiger partial charge < -0.3 is 0 Å². The molecule has 0 spiro atoms. The lowest BCUT2D eigenvalue weighted by Crippen LogP contribution is -2.32. The van der Waals surface area contributed by atoms with Crippen LogP contribution in [-0.4, -0.2) is 29.3 Å². The highest BCUT2D eigenvalue weighted by Gasteiger charge is 2.27. The fourth-order valence-electron chi connectivity index (χ4n) is 3.27. The zero-order valence-corrected chi connectivity index (χ0v) is 20.7. The average molecular weight is 495 g/mol. The SMILES string of the molecule is Cc1c(C(=O)NS(=O)(=O)c2cc(C(C)C)ccc2C(C)C)nnn1-c1ccc(Cl)cc1Cl. The summed E-state index contributed by atoms with van der Waals surface area (Å²) in [5.41, 5.74) is 2.17. The van der Waals surface area contributed by atoms with Crippen LogP contribution in [-0.2, 0) is 10.0 Å². The summed E-state index contributed by atoms with van der Waals surface area (Å²) in [6, 6.07) is 10.1. The van der Waals surface area contributed by atoms with E-state index in [9.17, 15) is 13.2 Å². The Balaban J connectivity index is 1.97. The van der Waals surface area contributed by atoms with Crippen LogP contribution in [0.3, 0.4) is 0 Å². The average Bonchev–Trinajstić information content (AvgIpc) is 3.08. The van der Waals surface area contributed by atoms with E-state index in [0.29, 0.717) is 27.0 Å². The molecule has 0 unspecified atom stereocenters. The number of rotatable bonds is 6. The molecule has 2 aromatic carbocycles. The summed E-state index contributed by atoms with van der Waals surface area (Å²) in [6.07, 6.45) is 0. The molecule has 0 aliphatic carbocycles. The van der Waals surface area contributed by atoms with Crippen LogP contribution in [0.5, 0.6) is 0 Å². The van der Waals surface area contributed by atoms with Gasteiger partial charge in [-0.2, -0.15) is 0 Å². The number of benzene rings is 2. The van der Waals surface area contributed by atoms with Crippen LogP contribution in [0.4, 0.5) is 0 Å². The molecule has 1 heterocycles. The smallest absolute Gasteiger partial charge is 0.266 e. The summed E-state index contributed by atoms with van der Waals surface area (Å²) in [7, 11) is -4.15. The van der Waals surface area contributed by atoms with Gasteiger partial charge in [0.2, 0.25) is 0 Å². The summed E-state index contributed by atoms with van der Waals surface area (Å²) in [5.74, 6) is -0.789. The number of nitrogens with one attached hydrogen (secondary N) is 1. The van der Waals surface area contributed by atoms with E-state index >= 15 is 0 Å². The van der Waals surface area contributed by atoms with Crippen LogP contribution in [0.1, 0.15) is 66.8 Å². The molecule has 0 aliphatic rings. The van der Waals surface area contributed by atoms with Crippen molar-refractivity contribution in [1.29, 1.82) is 0 Å². The van der Waals surface area contributed by atoms with Gasteiger partial charge in [0.25, 0.3) is 15.9 Å². The molecule has 0 aliphatic heterocycles. The van der Waals surface area contributed by atoms with Gasteiger partial charge in [0.1, 0.15) is 0 Å². The van der Waals surface area contributed by atoms with Gasteiger partial charge in [-0.25, -0.2) is 17.8 Å². The molecular formula is C22H24Cl2N4O3S. The van der Waals surface area contributed by atoms with Gasteiger partial charge in [0, 0.05) is 5.02 Å². The van der Waals surface area contributed by atoms with Gasteiger partial charge in [-0.3, -0.25) is 4.79 Å². The number of carbonyl (C=O) groups excluding carboxylic acids is 1. The third-order valence-electron chi connectivity index (χ3n) is 5.09. The predicted octanol–water partition coefficient (Wildman–Crippen LogP) is 5.25. The molecular weight excluding hydrogens is 471 g/mol. The summed E-state index contributed by atoms with van der Waals surface area (Å²) in [5, 5.41) is 8.61. The summed E-state index contributed by atoms with van der Waals surface area (Å²) in [6.45, 7) is 9.35. The maximum Gasteiger partial charge on any atom is 0.287 e. The number of aromatic nitrogens is 3. The van der Waals surface area contributed by atoms with Crippen LogP contribution in [0.15, 0.2) is 41.3 Å². The fraction of sp³-hybridized carbons (Fsp3) is 0.318. The predicted molar refractivity (Wildman–Crippen MR) is 125 cm³/mol. The van der Waals surface area contributed by atoms with Gasteiger partial charge >= 0.3 is 0 Å². The second kappa shape index (κ2) is 9.21. The molecule has 3 rings (SSSR count). The van der Waals surface area contributed by atoms with Gasteiger partial charge in [-0.05, 0) is 54.2 Å². The highest BCUT2D eigenvalue weighted by molar-refractivity contribution is 7.90. The number of hydrogen-bond acceptors (Lipinski definition) is 5. The van der Waals surface area contributed by atoms with Crippen molar-refractivity contribution < 1.29 is 13.2 Å². The van der Waals surface area contributed by atoms with E-state index in [2.05, 4.69) is 15.0 Å². The normalized spacial score (nSPS) is 11.9. The third-order valence-corrected chi connectivity index (χ3v) is 7.01. The van der Waals surface area contributed by atoms with E-state index in [4.69, 9.17) is 23.2 Å². The lowest BCUT2D eigenvalue weighted by atomic mass is 9.97. The Kier molecular flexibility index (Phi) is 6.97. The molecule has 3 aromatic rings. The number of halogens is 2. The van der Waals surface area contributed by atoms with Crippen LogP contribution in [0, 0.1) is 6.92 Å². The molecule has 170 valence electrons. The van der Waals surface area contributed by atoms with Crippen molar-refractivity contribution in [2.75, 3.05) is 0 Å². The van der Waals surface area contributed by atoms with Crippen molar-refractivity contribution in [2.24, 2.45) is 0 Å². The van der Waals surface area contributed by atoms with Crippen molar-refractivity contribution >= 4 is 39.1 Å². The minimum atomic E-state index is -4.15. The molecule has 1 N–H and O–H groups in total. The Labute approximate surface area is 197 Å². The molecule has 0 saturated carbocycles. The van der Waals surface area contributed by atoms with Crippen LogP contribution >= 0.6 is 23.2 Å². The van der Waals surface area contributed by atoms with Crippen molar-refractivity contribution in [3.63, 3.8) is 0 Å². The maximum atomic E-state index is 13.2. The van der Waals surface area contributed by atoms with E-state index in [1.165, 1.54) is 4.68 Å². The molecule has 0 radical (unpaired) electrons. The van der Waals surface area contributed by atoms with E-state index in [1.54, 1.807) is 37.3 Å². The van der Waals surface area contributed by atoms with Gasteiger partial charge in [-0.1, -0.05) is 68.2 Å². The first kappa shape index (κ1) is 24.2. The van der Waals surface area contributed by atoms with Crippen LogP contribution < -0.4 is 4.72 Å². The first-order chi connectivity index (χ1) is 14.9.